The van der Waals surface area contributed by atoms with Gasteiger partial charge in [-0.3, -0.25) is 4.79 Å². The Morgan fingerprint density at radius 2 is 2.25 bits per heavy atom. The van der Waals surface area contributed by atoms with E-state index in [-0.39, 0.29) is 12.5 Å². The first-order chi connectivity index (χ1) is 7.31. The summed E-state index contributed by atoms with van der Waals surface area (Å²) < 4.78 is 1.49. The summed E-state index contributed by atoms with van der Waals surface area (Å²) in [5, 5.41) is 13.5. The van der Waals surface area contributed by atoms with Crippen molar-refractivity contribution in [1.82, 2.24) is 19.7 Å². The van der Waals surface area contributed by atoms with Crippen LogP contribution in [0.4, 0.5) is 0 Å². The third-order valence-electron chi connectivity index (χ3n) is 2.19. The van der Waals surface area contributed by atoms with Gasteiger partial charge in [0.25, 0.3) is 0 Å². The molecule has 0 bridgehead atoms. The molecule has 1 aromatic heterocycles. The maximum absolute atomic E-state index is 11.9. The summed E-state index contributed by atoms with van der Waals surface area (Å²) in [7, 11) is 1.66. The van der Waals surface area contributed by atoms with Crippen molar-refractivity contribution in [3.8, 4) is 0 Å². The van der Waals surface area contributed by atoms with Crippen LogP contribution in [-0.4, -0.2) is 49.9 Å². The molecule has 1 amide bonds. The fourth-order valence-electron chi connectivity index (χ4n) is 1.51. The van der Waals surface area contributed by atoms with Crippen molar-refractivity contribution in [2.45, 2.75) is 32.4 Å². The Morgan fingerprint density at radius 3 is 2.69 bits per heavy atom. The minimum Gasteiger partial charge on any atom is -0.389 e. The maximum atomic E-state index is 11.9. The van der Waals surface area contributed by atoms with Crippen molar-refractivity contribution >= 4 is 5.91 Å². The highest BCUT2D eigenvalue weighted by molar-refractivity contribution is 5.79. The van der Waals surface area contributed by atoms with Gasteiger partial charge in [-0.1, -0.05) is 0 Å². The van der Waals surface area contributed by atoms with Gasteiger partial charge < -0.3 is 10.0 Å². The molecule has 0 aliphatic heterocycles. The zero-order valence-electron chi connectivity index (χ0n) is 10.1. The predicted molar refractivity (Wildman–Crippen MR) is 58.7 cm³/mol. The summed E-state index contributed by atoms with van der Waals surface area (Å²) in [5.41, 5.74) is -0.896. The number of amides is 1. The van der Waals surface area contributed by atoms with Gasteiger partial charge in [-0.2, -0.15) is 5.10 Å². The number of likely N-dealkylation sites (N-methyl/N-ethyl adjacent to an activating group) is 1. The third-order valence-corrected chi connectivity index (χ3v) is 2.19. The van der Waals surface area contributed by atoms with Crippen molar-refractivity contribution < 1.29 is 9.90 Å². The lowest BCUT2D eigenvalue weighted by Crippen LogP contribution is -2.42. The Balaban J connectivity index is 2.64. The first-order valence-corrected chi connectivity index (χ1v) is 5.13. The van der Waals surface area contributed by atoms with Gasteiger partial charge in [0.1, 0.15) is 18.7 Å². The van der Waals surface area contributed by atoms with E-state index in [0.29, 0.717) is 0 Å². The highest BCUT2D eigenvalue weighted by Gasteiger charge is 2.24. The molecule has 1 heterocycles. The molecule has 0 aliphatic carbocycles. The van der Waals surface area contributed by atoms with Crippen LogP contribution in [0.15, 0.2) is 12.7 Å². The Kier molecular flexibility index (Phi) is 3.64. The molecule has 0 spiro atoms. The lowest BCUT2D eigenvalue weighted by Gasteiger charge is -2.27. The molecule has 90 valence electrons. The maximum Gasteiger partial charge on any atom is 0.247 e. The van der Waals surface area contributed by atoms with Gasteiger partial charge in [0.15, 0.2) is 0 Å². The fourth-order valence-corrected chi connectivity index (χ4v) is 1.51. The Hall–Kier alpha value is -1.43. The Labute approximate surface area is 94.9 Å². The van der Waals surface area contributed by atoms with Gasteiger partial charge in [-0.05, 0) is 20.8 Å². The van der Waals surface area contributed by atoms with Crippen molar-refractivity contribution in [3.05, 3.63) is 12.7 Å². The van der Waals surface area contributed by atoms with Crippen LogP contribution in [0.2, 0.25) is 0 Å². The highest BCUT2D eigenvalue weighted by atomic mass is 16.3. The highest BCUT2D eigenvalue weighted by Crippen LogP contribution is 2.10. The molecule has 1 atom stereocenters. The van der Waals surface area contributed by atoms with E-state index >= 15 is 0 Å². The first kappa shape index (κ1) is 12.6. The smallest absolute Gasteiger partial charge is 0.247 e. The summed E-state index contributed by atoms with van der Waals surface area (Å²) in [6.07, 6.45) is 2.89. The zero-order chi connectivity index (χ0) is 12.3. The number of hydrogen-bond donors (Lipinski definition) is 1. The van der Waals surface area contributed by atoms with E-state index in [1.54, 1.807) is 27.8 Å². The SMILES string of the molecule is CC(C(=O)N(C)CC(C)(C)O)n1cncn1. The lowest BCUT2D eigenvalue weighted by molar-refractivity contribution is -0.135. The average molecular weight is 226 g/mol. The van der Waals surface area contributed by atoms with E-state index in [9.17, 15) is 9.90 Å². The van der Waals surface area contributed by atoms with Crippen LogP contribution >= 0.6 is 0 Å². The molecule has 1 rings (SSSR count). The predicted octanol–water partition coefficient (Wildman–Crippen LogP) is 0.0684. The summed E-state index contributed by atoms with van der Waals surface area (Å²) in [4.78, 5) is 17.2. The molecule has 0 radical (unpaired) electrons. The number of carbonyl (C=O) groups excluding carboxylic acids is 1. The molecule has 0 fully saturated rings. The number of carbonyl (C=O) groups is 1. The van der Waals surface area contributed by atoms with E-state index in [4.69, 9.17) is 0 Å². The molecular formula is C10H18N4O2. The molecule has 1 N–H and O–H groups in total. The van der Waals surface area contributed by atoms with Crippen LogP contribution in [0.1, 0.15) is 26.8 Å². The van der Waals surface area contributed by atoms with Gasteiger partial charge in [0, 0.05) is 13.6 Å². The topological polar surface area (TPSA) is 71.2 Å². The lowest BCUT2D eigenvalue weighted by atomic mass is 10.1. The van der Waals surface area contributed by atoms with Crippen molar-refractivity contribution in [2.24, 2.45) is 0 Å². The van der Waals surface area contributed by atoms with Crippen LogP contribution in [0.3, 0.4) is 0 Å². The number of aromatic nitrogens is 3. The van der Waals surface area contributed by atoms with E-state index in [2.05, 4.69) is 10.1 Å². The fraction of sp³-hybridized carbons (Fsp3) is 0.700. The summed E-state index contributed by atoms with van der Waals surface area (Å²) >= 11 is 0. The van der Waals surface area contributed by atoms with Crippen molar-refractivity contribution in [1.29, 1.82) is 0 Å². The van der Waals surface area contributed by atoms with Crippen LogP contribution < -0.4 is 0 Å². The van der Waals surface area contributed by atoms with Gasteiger partial charge in [-0.25, -0.2) is 9.67 Å². The van der Waals surface area contributed by atoms with E-state index < -0.39 is 11.6 Å². The van der Waals surface area contributed by atoms with Crippen LogP contribution in [0.25, 0.3) is 0 Å². The molecule has 1 aromatic rings. The third kappa shape index (κ3) is 3.30. The van der Waals surface area contributed by atoms with E-state index in [0.717, 1.165) is 0 Å². The Bertz CT molecular complexity index is 342. The number of rotatable bonds is 4. The standard InChI is InChI=1S/C10H18N4O2/c1-8(14-7-11-6-12-14)9(15)13(4)5-10(2,3)16/h6-8,16H,5H2,1-4H3. The molecule has 6 nitrogen and oxygen atoms in total. The van der Waals surface area contributed by atoms with Gasteiger partial charge in [0.05, 0.1) is 5.60 Å². The van der Waals surface area contributed by atoms with Crippen molar-refractivity contribution in [3.63, 3.8) is 0 Å². The molecule has 0 saturated carbocycles. The van der Waals surface area contributed by atoms with Gasteiger partial charge in [-0.15, -0.1) is 0 Å². The monoisotopic (exact) mass is 226 g/mol. The molecular weight excluding hydrogens is 208 g/mol. The average Bonchev–Trinajstić information content (AvgIpc) is 2.65. The van der Waals surface area contributed by atoms with E-state index in [1.807, 2.05) is 0 Å². The number of aliphatic hydroxyl groups is 1. The summed E-state index contributed by atoms with van der Waals surface area (Å²) in [6, 6.07) is -0.408. The zero-order valence-corrected chi connectivity index (χ0v) is 10.1. The van der Waals surface area contributed by atoms with Gasteiger partial charge in [0.2, 0.25) is 5.91 Å². The second kappa shape index (κ2) is 4.61. The Morgan fingerprint density at radius 1 is 1.62 bits per heavy atom. The van der Waals surface area contributed by atoms with Crippen molar-refractivity contribution in [2.75, 3.05) is 13.6 Å². The largest absolute Gasteiger partial charge is 0.389 e. The second-order valence-corrected chi connectivity index (χ2v) is 4.56. The molecule has 16 heavy (non-hydrogen) atoms. The van der Waals surface area contributed by atoms with Crippen LogP contribution in [0.5, 0.6) is 0 Å². The second-order valence-electron chi connectivity index (χ2n) is 4.56. The van der Waals surface area contributed by atoms with Crippen LogP contribution in [0, 0.1) is 0 Å². The molecule has 0 aromatic carbocycles. The number of nitrogens with zero attached hydrogens (tertiary/aromatic N) is 4. The van der Waals surface area contributed by atoms with E-state index in [1.165, 1.54) is 22.2 Å². The molecule has 1 unspecified atom stereocenters. The molecule has 6 heteroatoms. The quantitative estimate of drug-likeness (QED) is 0.788. The molecule has 0 aliphatic rings. The minimum absolute atomic E-state index is 0.104. The first-order valence-electron chi connectivity index (χ1n) is 5.13. The molecule has 0 saturated heterocycles. The van der Waals surface area contributed by atoms with Gasteiger partial charge >= 0.3 is 0 Å². The number of hydrogen-bond acceptors (Lipinski definition) is 4. The minimum atomic E-state index is -0.896. The van der Waals surface area contributed by atoms with Crippen LogP contribution in [-0.2, 0) is 4.79 Å². The normalized spacial score (nSPS) is 13.6. The summed E-state index contributed by atoms with van der Waals surface area (Å²) in [6.45, 7) is 5.36. The summed E-state index contributed by atoms with van der Waals surface area (Å²) in [5.74, 6) is -0.104.